The molecule has 0 aliphatic carbocycles. The summed E-state index contributed by atoms with van der Waals surface area (Å²) in [5.41, 5.74) is 5.07. The molecule has 1 aliphatic heterocycles. The number of anilines is 1. The van der Waals surface area contributed by atoms with Gasteiger partial charge in [0, 0.05) is 24.8 Å². The number of nitrogens with two attached hydrogens (primary N) is 1. The molecule has 0 spiro atoms. The van der Waals surface area contributed by atoms with Crippen molar-refractivity contribution in [1.82, 2.24) is 5.32 Å². The maximum Gasteiger partial charge on any atom is 0.251 e. The SMILES string of the molecule is Cc1cc(C(=O)NC(C)C2CCOCC2)ccc1NN. The van der Waals surface area contributed by atoms with E-state index in [2.05, 4.69) is 17.7 Å². The molecule has 1 atom stereocenters. The number of amides is 1. The normalized spacial score (nSPS) is 17.6. The van der Waals surface area contributed by atoms with Gasteiger partial charge in [0.1, 0.15) is 0 Å². The topological polar surface area (TPSA) is 76.4 Å². The number of ether oxygens (including phenoxy) is 1. The van der Waals surface area contributed by atoms with Gasteiger partial charge in [0.25, 0.3) is 5.91 Å². The monoisotopic (exact) mass is 277 g/mol. The smallest absolute Gasteiger partial charge is 0.251 e. The van der Waals surface area contributed by atoms with Gasteiger partial charge in [-0.25, -0.2) is 0 Å². The molecule has 0 bridgehead atoms. The van der Waals surface area contributed by atoms with Crippen LogP contribution in [0.4, 0.5) is 5.69 Å². The fourth-order valence-electron chi connectivity index (χ4n) is 2.59. The average molecular weight is 277 g/mol. The Kier molecular flexibility index (Phi) is 4.98. The van der Waals surface area contributed by atoms with E-state index in [0.717, 1.165) is 37.3 Å². The van der Waals surface area contributed by atoms with Crippen LogP contribution in [-0.4, -0.2) is 25.2 Å². The first kappa shape index (κ1) is 14.8. The summed E-state index contributed by atoms with van der Waals surface area (Å²) in [7, 11) is 0. The number of hydrazine groups is 1. The molecule has 0 saturated carbocycles. The standard InChI is InChI=1S/C15H23N3O2/c1-10-9-13(3-4-14(10)18-16)15(19)17-11(2)12-5-7-20-8-6-12/h3-4,9,11-12,18H,5-8,16H2,1-2H3,(H,17,19). The van der Waals surface area contributed by atoms with E-state index in [4.69, 9.17) is 10.6 Å². The number of benzene rings is 1. The van der Waals surface area contributed by atoms with Gasteiger partial charge in [0.15, 0.2) is 0 Å². The van der Waals surface area contributed by atoms with Gasteiger partial charge in [-0.05, 0) is 56.4 Å². The molecule has 1 aromatic rings. The lowest BCUT2D eigenvalue weighted by Gasteiger charge is -2.28. The lowest BCUT2D eigenvalue weighted by molar-refractivity contribution is 0.0538. The summed E-state index contributed by atoms with van der Waals surface area (Å²) in [5, 5.41) is 3.08. The molecule has 1 amide bonds. The van der Waals surface area contributed by atoms with Crippen molar-refractivity contribution in [2.24, 2.45) is 11.8 Å². The molecule has 5 nitrogen and oxygen atoms in total. The average Bonchev–Trinajstić information content (AvgIpc) is 2.48. The van der Waals surface area contributed by atoms with E-state index in [0.29, 0.717) is 11.5 Å². The number of hydrogen-bond donors (Lipinski definition) is 3. The summed E-state index contributed by atoms with van der Waals surface area (Å²) in [6.45, 7) is 5.58. The van der Waals surface area contributed by atoms with E-state index in [1.54, 1.807) is 6.07 Å². The maximum absolute atomic E-state index is 12.3. The van der Waals surface area contributed by atoms with Crippen molar-refractivity contribution in [1.29, 1.82) is 0 Å². The van der Waals surface area contributed by atoms with Gasteiger partial charge in [-0.15, -0.1) is 0 Å². The van der Waals surface area contributed by atoms with Crippen molar-refractivity contribution in [2.75, 3.05) is 18.6 Å². The van der Waals surface area contributed by atoms with Crippen molar-refractivity contribution >= 4 is 11.6 Å². The third kappa shape index (κ3) is 3.49. The van der Waals surface area contributed by atoms with Crippen molar-refractivity contribution in [3.8, 4) is 0 Å². The molecule has 0 radical (unpaired) electrons. The Bertz CT molecular complexity index is 470. The van der Waals surface area contributed by atoms with E-state index >= 15 is 0 Å². The van der Waals surface area contributed by atoms with Crippen LogP contribution in [0.15, 0.2) is 18.2 Å². The Balaban J connectivity index is 1.98. The van der Waals surface area contributed by atoms with Gasteiger partial charge >= 0.3 is 0 Å². The first-order valence-electron chi connectivity index (χ1n) is 7.07. The van der Waals surface area contributed by atoms with E-state index in [9.17, 15) is 4.79 Å². The van der Waals surface area contributed by atoms with Crippen molar-refractivity contribution in [3.05, 3.63) is 29.3 Å². The van der Waals surface area contributed by atoms with E-state index in [1.807, 2.05) is 19.1 Å². The zero-order valence-corrected chi connectivity index (χ0v) is 12.1. The van der Waals surface area contributed by atoms with Crippen LogP contribution < -0.4 is 16.6 Å². The fourth-order valence-corrected chi connectivity index (χ4v) is 2.59. The summed E-state index contributed by atoms with van der Waals surface area (Å²) in [6.07, 6.45) is 2.02. The number of nitrogen functional groups attached to an aromatic ring is 1. The quantitative estimate of drug-likeness (QED) is 0.579. The molecule has 1 heterocycles. The Morgan fingerprint density at radius 2 is 2.10 bits per heavy atom. The van der Waals surface area contributed by atoms with Crippen LogP contribution in [0.3, 0.4) is 0 Å². The summed E-state index contributed by atoms with van der Waals surface area (Å²) >= 11 is 0. The zero-order chi connectivity index (χ0) is 14.5. The second-order valence-electron chi connectivity index (χ2n) is 5.39. The Morgan fingerprint density at radius 1 is 1.40 bits per heavy atom. The Hall–Kier alpha value is -1.59. The number of hydrogen-bond acceptors (Lipinski definition) is 4. The molecule has 1 aliphatic rings. The van der Waals surface area contributed by atoms with Crippen LogP contribution in [0.1, 0.15) is 35.7 Å². The third-order valence-electron chi connectivity index (χ3n) is 3.98. The van der Waals surface area contributed by atoms with Crippen LogP contribution in [0.5, 0.6) is 0 Å². The molecule has 4 N–H and O–H groups in total. The van der Waals surface area contributed by atoms with Crippen LogP contribution in [0, 0.1) is 12.8 Å². The Morgan fingerprint density at radius 3 is 2.70 bits per heavy atom. The van der Waals surface area contributed by atoms with Crippen molar-refractivity contribution in [3.63, 3.8) is 0 Å². The maximum atomic E-state index is 12.3. The Labute approximate surface area is 119 Å². The largest absolute Gasteiger partial charge is 0.381 e. The molecule has 1 unspecified atom stereocenters. The highest BCUT2D eigenvalue weighted by atomic mass is 16.5. The number of carbonyl (C=O) groups is 1. The second kappa shape index (κ2) is 6.72. The molecule has 1 aromatic carbocycles. The lowest BCUT2D eigenvalue weighted by Crippen LogP contribution is -2.40. The zero-order valence-electron chi connectivity index (χ0n) is 12.1. The van der Waals surface area contributed by atoms with E-state index in [1.165, 1.54) is 0 Å². The number of aryl methyl sites for hydroxylation is 1. The summed E-state index contributed by atoms with van der Waals surface area (Å²) in [4.78, 5) is 12.3. The molecule has 5 heteroatoms. The molecule has 1 saturated heterocycles. The molecular weight excluding hydrogens is 254 g/mol. The summed E-state index contributed by atoms with van der Waals surface area (Å²) < 4.78 is 5.35. The third-order valence-corrected chi connectivity index (χ3v) is 3.98. The highest BCUT2D eigenvalue weighted by Gasteiger charge is 2.22. The van der Waals surface area contributed by atoms with Crippen LogP contribution in [0.2, 0.25) is 0 Å². The minimum Gasteiger partial charge on any atom is -0.381 e. The van der Waals surface area contributed by atoms with Gasteiger partial charge in [0.05, 0.1) is 5.69 Å². The predicted octanol–water partition coefficient (Wildman–Crippen LogP) is 1.83. The van der Waals surface area contributed by atoms with Gasteiger partial charge in [0.2, 0.25) is 0 Å². The molecule has 1 fully saturated rings. The van der Waals surface area contributed by atoms with Crippen molar-refractivity contribution in [2.45, 2.75) is 32.7 Å². The minimum absolute atomic E-state index is 0.0318. The molecule has 2 rings (SSSR count). The molecule has 20 heavy (non-hydrogen) atoms. The lowest BCUT2D eigenvalue weighted by atomic mass is 9.92. The van der Waals surface area contributed by atoms with Crippen LogP contribution in [-0.2, 0) is 4.74 Å². The number of rotatable bonds is 4. The van der Waals surface area contributed by atoms with Gasteiger partial charge in [-0.3, -0.25) is 10.6 Å². The minimum atomic E-state index is -0.0318. The summed E-state index contributed by atoms with van der Waals surface area (Å²) in [6, 6.07) is 5.62. The van der Waals surface area contributed by atoms with Gasteiger partial charge < -0.3 is 15.5 Å². The van der Waals surface area contributed by atoms with Crippen molar-refractivity contribution < 1.29 is 9.53 Å². The van der Waals surface area contributed by atoms with Gasteiger partial charge in [-0.1, -0.05) is 0 Å². The molecule has 110 valence electrons. The number of carbonyl (C=O) groups excluding carboxylic acids is 1. The highest BCUT2D eigenvalue weighted by Crippen LogP contribution is 2.20. The molecular formula is C15H23N3O2. The van der Waals surface area contributed by atoms with E-state index < -0.39 is 0 Å². The second-order valence-corrected chi connectivity index (χ2v) is 5.39. The summed E-state index contributed by atoms with van der Waals surface area (Å²) in [5.74, 6) is 5.86. The first-order valence-corrected chi connectivity index (χ1v) is 7.07. The van der Waals surface area contributed by atoms with E-state index in [-0.39, 0.29) is 11.9 Å². The van der Waals surface area contributed by atoms with Crippen LogP contribution in [0.25, 0.3) is 0 Å². The van der Waals surface area contributed by atoms with Gasteiger partial charge in [-0.2, -0.15) is 0 Å². The fraction of sp³-hybridized carbons (Fsp3) is 0.533. The number of nitrogens with one attached hydrogen (secondary N) is 2. The highest BCUT2D eigenvalue weighted by molar-refractivity contribution is 5.95. The molecule has 0 aromatic heterocycles. The van der Waals surface area contributed by atoms with Crippen LogP contribution >= 0.6 is 0 Å². The predicted molar refractivity (Wildman–Crippen MR) is 79.5 cm³/mol. The first-order chi connectivity index (χ1) is 9.61.